The van der Waals surface area contributed by atoms with Gasteiger partial charge in [-0.2, -0.15) is 0 Å². The second-order valence-electron chi connectivity index (χ2n) is 0.224. The van der Waals surface area contributed by atoms with Crippen LogP contribution in [0.3, 0.4) is 0 Å². The molecular weight excluding hydrogens is 231 g/mol. The van der Waals surface area contributed by atoms with E-state index in [9.17, 15) is 0 Å². The second kappa shape index (κ2) is 4.43. The minimum absolute atomic E-state index is 0. The quantitative estimate of drug-likeness (QED) is 0.426. The minimum Gasteiger partial charge on any atom is -0.356 e. The first-order chi connectivity index (χ1) is 1.73. The third kappa shape index (κ3) is 140. The van der Waals surface area contributed by atoms with E-state index in [4.69, 9.17) is 15.3 Å². The van der Waals surface area contributed by atoms with Gasteiger partial charge in [-0.1, -0.05) is 0 Å². The normalized spacial score (nSPS) is 4.80. The Balaban J connectivity index is 0. The molecule has 0 bridgehead atoms. The number of hydrogen-bond donors (Lipinski definition) is 0. The molecule has 0 heterocycles. The molecule has 0 radical (unpaired) electrons. The summed E-state index contributed by atoms with van der Waals surface area (Å²) in [6.45, 7) is 0. The standard InChI is InChI=1S/NO3.Tm/c2-1(3)4;/q-1;+3. The molecule has 0 atom stereocenters. The summed E-state index contributed by atoms with van der Waals surface area (Å²) in [5, 5.41) is 14.8. The van der Waals surface area contributed by atoms with Gasteiger partial charge < -0.3 is 15.3 Å². The smallest absolute Gasteiger partial charge is 0.356 e. The van der Waals surface area contributed by atoms with Crippen LogP contribution >= 0.6 is 0 Å². The van der Waals surface area contributed by atoms with Gasteiger partial charge in [0, 0.05) is 0 Å². The largest absolute Gasteiger partial charge is 3.00 e. The summed E-state index contributed by atoms with van der Waals surface area (Å²) in [5.41, 5.74) is 0. The van der Waals surface area contributed by atoms with Crippen LogP contribution in [-0.4, -0.2) is 5.09 Å². The van der Waals surface area contributed by atoms with Crippen LogP contribution in [0.2, 0.25) is 0 Å². The minimum atomic E-state index is -1.75. The van der Waals surface area contributed by atoms with Crippen LogP contribution in [0.4, 0.5) is 0 Å². The number of hydrogen-bond acceptors (Lipinski definition) is 3. The molecule has 0 fully saturated rings. The predicted molar refractivity (Wildman–Crippen MR) is 10.4 cm³/mol. The van der Waals surface area contributed by atoms with Gasteiger partial charge in [0.15, 0.2) is 0 Å². The van der Waals surface area contributed by atoms with E-state index in [1.54, 1.807) is 0 Å². The van der Waals surface area contributed by atoms with Crippen molar-refractivity contribution >= 4 is 0 Å². The third-order valence-corrected chi connectivity index (χ3v) is 0. The zero-order chi connectivity index (χ0) is 3.58. The van der Waals surface area contributed by atoms with Gasteiger partial charge in [0.25, 0.3) is 0 Å². The first-order valence-electron chi connectivity index (χ1n) is 0.548. The van der Waals surface area contributed by atoms with Gasteiger partial charge in [0.1, 0.15) is 0 Å². The van der Waals surface area contributed by atoms with Gasteiger partial charge >= 0.3 is 36.9 Å². The van der Waals surface area contributed by atoms with Crippen LogP contribution in [0.15, 0.2) is 0 Å². The molecule has 0 aromatic rings. The Hall–Kier alpha value is 0.434. The van der Waals surface area contributed by atoms with Gasteiger partial charge in [0.2, 0.25) is 0 Å². The van der Waals surface area contributed by atoms with Crippen LogP contribution in [0.1, 0.15) is 0 Å². The van der Waals surface area contributed by atoms with Crippen molar-refractivity contribution in [1.29, 1.82) is 0 Å². The predicted octanol–water partition coefficient (Wildman–Crippen LogP) is -0.239. The van der Waals surface area contributed by atoms with Gasteiger partial charge in [-0.3, -0.25) is 0 Å². The maximum Gasteiger partial charge on any atom is 3.00 e. The molecule has 0 saturated carbocycles. The molecule has 5 heavy (non-hydrogen) atoms. The average Bonchev–Trinajstić information content (AvgIpc) is 0.811. The van der Waals surface area contributed by atoms with Crippen LogP contribution in [0.5, 0.6) is 0 Å². The van der Waals surface area contributed by atoms with Crippen molar-refractivity contribution in [3.63, 3.8) is 0 Å². The maximum absolute atomic E-state index is 8.25. The molecule has 0 spiro atoms. The summed E-state index contributed by atoms with van der Waals surface area (Å²) in [6, 6.07) is 0. The molecule has 5 heteroatoms. The molecule has 0 aliphatic carbocycles. The van der Waals surface area contributed by atoms with Crippen LogP contribution < -0.4 is 0 Å². The monoisotopic (exact) mass is 231 g/mol. The molecule has 0 aliphatic heterocycles. The van der Waals surface area contributed by atoms with E-state index in [1.165, 1.54) is 0 Å². The molecule has 4 nitrogen and oxygen atoms in total. The molecule has 0 unspecified atom stereocenters. The topological polar surface area (TPSA) is 66.2 Å². The fourth-order valence-electron chi connectivity index (χ4n) is 0. The first-order valence-corrected chi connectivity index (χ1v) is 0.548. The zero-order valence-corrected chi connectivity index (χ0v) is 3.73. The Bertz CT molecular complexity index is 29.9. The van der Waals surface area contributed by atoms with Crippen LogP contribution in [-0.2, 0) is 0 Å². The summed E-state index contributed by atoms with van der Waals surface area (Å²) in [6.07, 6.45) is 0. The van der Waals surface area contributed by atoms with E-state index in [0.29, 0.717) is 0 Å². The van der Waals surface area contributed by atoms with E-state index < -0.39 is 5.09 Å². The van der Waals surface area contributed by atoms with Gasteiger partial charge in [-0.25, -0.2) is 0 Å². The second-order valence-corrected chi connectivity index (χ2v) is 0.224. The Morgan fingerprint density at radius 3 is 1.40 bits per heavy atom. The van der Waals surface area contributed by atoms with Gasteiger partial charge in [-0.05, 0) is 0 Å². The molecule has 0 aromatic carbocycles. The van der Waals surface area contributed by atoms with Gasteiger partial charge in [0.05, 0.1) is 5.09 Å². The summed E-state index contributed by atoms with van der Waals surface area (Å²) < 4.78 is 0. The maximum atomic E-state index is 8.25. The van der Waals surface area contributed by atoms with E-state index in [-0.39, 0.29) is 36.9 Å². The molecule has 34 valence electrons. The summed E-state index contributed by atoms with van der Waals surface area (Å²) in [7, 11) is 0. The van der Waals surface area contributed by atoms with E-state index in [0.717, 1.165) is 0 Å². The summed E-state index contributed by atoms with van der Waals surface area (Å²) in [4.78, 5) is 8.25. The number of nitrogens with zero attached hydrogens (tertiary/aromatic N) is 1. The Labute approximate surface area is 57.1 Å². The van der Waals surface area contributed by atoms with Gasteiger partial charge in [-0.15, -0.1) is 0 Å². The molecule has 0 rings (SSSR count). The van der Waals surface area contributed by atoms with Crippen LogP contribution in [0.25, 0.3) is 0 Å². The molecule has 0 amide bonds. The first kappa shape index (κ1) is 9.06. The third-order valence-electron chi connectivity index (χ3n) is 0. The molecule has 0 aromatic heterocycles. The van der Waals surface area contributed by atoms with E-state index in [2.05, 4.69) is 0 Å². The van der Waals surface area contributed by atoms with E-state index >= 15 is 0 Å². The van der Waals surface area contributed by atoms with Crippen LogP contribution in [0, 0.1) is 52.2 Å². The Kier molecular flexibility index (Phi) is 8.03. The van der Waals surface area contributed by atoms with Crippen molar-refractivity contribution in [1.82, 2.24) is 0 Å². The molecule has 0 aliphatic rings. The average molecular weight is 231 g/mol. The zero-order valence-electron chi connectivity index (χ0n) is 1.95. The van der Waals surface area contributed by atoms with Crippen molar-refractivity contribution in [3.05, 3.63) is 15.3 Å². The molecular formula is NO3Tm+2. The number of rotatable bonds is 0. The molecule has 0 N–H and O–H groups in total. The Morgan fingerprint density at radius 1 is 1.40 bits per heavy atom. The molecule has 0 saturated heterocycles. The van der Waals surface area contributed by atoms with Crippen molar-refractivity contribution in [3.8, 4) is 0 Å². The van der Waals surface area contributed by atoms with Crippen molar-refractivity contribution in [2.45, 2.75) is 0 Å². The van der Waals surface area contributed by atoms with E-state index in [1.807, 2.05) is 0 Å². The fraction of sp³-hybridized carbons (Fsp3) is 0. The fourth-order valence-corrected chi connectivity index (χ4v) is 0. The SMILES string of the molecule is O=[N+]([O-])[O-].[Tm+3]. The van der Waals surface area contributed by atoms with Crippen molar-refractivity contribution in [2.24, 2.45) is 0 Å². The van der Waals surface area contributed by atoms with Crippen molar-refractivity contribution < 1.29 is 42.0 Å². The van der Waals surface area contributed by atoms with Crippen molar-refractivity contribution in [2.75, 3.05) is 0 Å². The summed E-state index contributed by atoms with van der Waals surface area (Å²) in [5.74, 6) is 0. The summed E-state index contributed by atoms with van der Waals surface area (Å²) >= 11 is 0. The Morgan fingerprint density at radius 2 is 1.40 bits per heavy atom.